The van der Waals surface area contributed by atoms with Crippen molar-refractivity contribution >= 4 is 22.9 Å². The fourth-order valence-corrected chi connectivity index (χ4v) is 3.60. The van der Waals surface area contributed by atoms with E-state index in [2.05, 4.69) is 4.90 Å². The first-order valence-corrected chi connectivity index (χ1v) is 7.00. The molecule has 1 atom stereocenters. The van der Waals surface area contributed by atoms with Crippen LogP contribution in [0.2, 0.25) is 0 Å². The number of carbonyl (C=O) groups is 1. The van der Waals surface area contributed by atoms with Crippen LogP contribution in [0.25, 0.3) is 0 Å². The minimum atomic E-state index is 0.115. The Labute approximate surface area is 105 Å². The molecule has 2 N–H and O–H groups in total. The number of piperazine rings is 1. The van der Waals surface area contributed by atoms with Gasteiger partial charge in [-0.05, 0) is 30.8 Å². The molecule has 1 aromatic heterocycles. The van der Waals surface area contributed by atoms with Crippen molar-refractivity contribution in [2.45, 2.75) is 18.9 Å². The van der Waals surface area contributed by atoms with E-state index in [0.717, 1.165) is 19.6 Å². The monoisotopic (exact) mass is 251 g/mol. The zero-order chi connectivity index (χ0) is 11.8. The quantitative estimate of drug-likeness (QED) is 0.817. The van der Waals surface area contributed by atoms with Gasteiger partial charge in [0.15, 0.2) is 0 Å². The highest BCUT2D eigenvalue weighted by Gasteiger charge is 2.33. The second-order valence-corrected chi connectivity index (χ2v) is 5.70. The number of rotatable bonds is 1. The summed E-state index contributed by atoms with van der Waals surface area (Å²) in [5.74, 6) is 0.115. The molecule has 2 saturated heterocycles. The number of nitrogens with zero attached hydrogens (tertiary/aromatic N) is 2. The summed E-state index contributed by atoms with van der Waals surface area (Å²) in [6.07, 6.45) is 2.50. The molecule has 92 valence electrons. The molecule has 0 saturated carbocycles. The number of nitrogens with two attached hydrogens (primary N) is 1. The molecular weight excluding hydrogens is 234 g/mol. The Morgan fingerprint density at radius 2 is 2.29 bits per heavy atom. The Hall–Kier alpha value is -1.07. The van der Waals surface area contributed by atoms with Crippen molar-refractivity contribution in [1.82, 2.24) is 9.80 Å². The summed E-state index contributed by atoms with van der Waals surface area (Å²) in [5, 5.41) is 1.88. The van der Waals surface area contributed by atoms with Crippen molar-refractivity contribution in [3.8, 4) is 0 Å². The van der Waals surface area contributed by atoms with Crippen molar-refractivity contribution in [3.05, 3.63) is 16.3 Å². The fraction of sp³-hybridized carbons (Fsp3) is 0.583. The van der Waals surface area contributed by atoms with E-state index in [-0.39, 0.29) is 5.91 Å². The third-order valence-electron chi connectivity index (χ3n) is 3.76. The standard InChI is InChI=1S/C12H17N3OS/c13-10-3-7-17-11(10)12(16)15-6-5-14-4-1-2-9(14)8-15/h3,7,9H,1-2,4-6,8,13H2. The van der Waals surface area contributed by atoms with Crippen molar-refractivity contribution in [1.29, 1.82) is 0 Å². The van der Waals surface area contributed by atoms with Crippen LogP contribution < -0.4 is 5.73 Å². The maximum atomic E-state index is 12.3. The summed E-state index contributed by atoms with van der Waals surface area (Å²) >= 11 is 1.45. The molecule has 0 spiro atoms. The van der Waals surface area contributed by atoms with Gasteiger partial charge in [-0.3, -0.25) is 9.69 Å². The van der Waals surface area contributed by atoms with E-state index in [9.17, 15) is 4.79 Å². The van der Waals surface area contributed by atoms with Gasteiger partial charge >= 0.3 is 0 Å². The number of amides is 1. The Morgan fingerprint density at radius 3 is 3.06 bits per heavy atom. The molecule has 0 aromatic carbocycles. The lowest BCUT2D eigenvalue weighted by Crippen LogP contribution is -2.51. The lowest BCUT2D eigenvalue weighted by atomic mass is 10.1. The molecule has 17 heavy (non-hydrogen) atoms. The van der Waals surface area contributed by atoms with Gasteiger partial charge in [0, 0.05) is 25.7 Å². The van der Waals surface area contributed by atoms with Crippen LogP contribution in [0.3, 0.4) is 0 Å². The first-order valence-electron chi connectivity index (χ1n) is 6.12. The smallest absolute Gasteiger partial charge is 0.266 e. The molecule has 3 rings (SSSR count). The van der Waals surface area contributed by atoms with Gasteiger partial charge in [-0.2, -0.15) is 0 Å². The average Bonchev–Trinajstić information content (AvgIpc) is 2.95. The first-order chi connectivity index (χ1) is 8.25. The summed E-state index contributed by atoms with van der Waals surface area (Å²) in [6, 6.07) is 2.39. The van der Waals surface area contributed by atoms with Crippen LogP contribution in [0.4, 0.5) is 5.69 Å². The SMILES string of the molecule is Nc1ccsc1C(=O)N1CCN2CCCC2C1. The summed E-state index contributed by atoms with van der Waals surface area (Å²) in [4.78, 5) is 17.5. The van der Waals surface area contributed by atoms with E-state index in [4.69, 9.17) is 5.73 Å². The Balaban J connectivity index is 1.73. The molecule has 2 fully saturated rings. The molecule has 1 unspecified atom stereocenters. The number of hydrogen-bond donors (Lipinski definition) is 1. The predicted molar refractivity (Wildman–Crippen MR) is 69.2 cm³/mol. The summed E-state index contributed by atoms with van der Waals surface area (Å²) in [5.41, 5.74) is 6.43. The van der Waals surface area contributed by atoms with E-state index in [1.54, 1.807) is 0 Å². The van der Waals surface area contributed by atoms with Crippen molar-refractivity contribution < 1.29 is 4.79 Å². The minimum absolute atomic E-state index is 0.115. The van der Waals surface area contributed by atoms with Crippen LogP contribution in [0.1, 0.15) is 22.5 Å². The van der Waals surface area contributed by atoms with Crippen molar-refractivity contribution in [2.24, 2.45) is 0 Å². The Bertz CT molecular complexity index is 431. The molecule has 2 aliphatic heterocycles. The van der Waals surface area contributed by atoms with Gasteiger partial charge in [0.2, 0.25) is 0 Å². The molecule has 5 heteroatoms. The molecule has 3 heterocycles. The predicted octanol–water partition coefficient (Wildman–Crippen LogP) is 1.25. The van der Waals surface area contributed by atoms with Gasteiger partial charge in [-0.15, -0.1) is 11.3 Å². The van der Waals surface area contributed by atoms with Crippen LogP contribution in [0.15, 0.2) is 11.4 Å². The van der Waals surface area contributed by atoms with E-state index in [1.165, 1.54) is 30.7 Å². The van der Waals surface area contributed by atoms with Crippen LogP contribution in [0, 0.1) is 0 Å². The second kappa shape index (κ2) is 4.31. The Morgan fingerprint density at radius 1 is 1.41 bits per heavy atom. The summed E-state index contributed by atoms with van der Waals surface area (Å²) in [7, 11) is 0. The lowest BCUT2D eigenvalue weighted by Gasteiger charge is -2.37. The van der Waals surface area contributed by atoms with Gasteiger partial charge in [0.1, 0.15) is 4.88 Å². The van der Waals surface area contributed by atoms with E-state index in [1.807, 2.05) is 16.3 Å². The van der Waals surface area contributed by atoms with E-state index in [0.29, 0.717) is 16.6 Å². The van der Waals surface area contributed by atoms with Crippen LogP contribution in [-0.2, 0) is 0 Å². The molecule has 0 aliphatic carbocycles. The molecule has 2 aliphatic rings. The number of hydrogen-bond acceptors (Lipinski definition) is 4. The van der Waals surface area contributed by atoms with Crippen LogP contribution >= 0.6 is 11.3 Å². The second-order valence-electron chi connectivity index (χ2n) is 4.79. The maximum absolute atomic E-state index is 12.3. The average molecular weight is 251 g/mol. The molecule has 4 nitrogen and oxygen atoms in total. The molecule has 1 amide bonds. The fourth-order valence-electron chi connectivity index (χ4n) is 2.81. The normalized spacial score (nSPS) is 24.9. The Kier molecular flexibility index (Phi) is 2.80. The zero-order valence-electron chi connectivity index (χ0n) is 9.76. The zero-order valence-corrected chi connectivity index (χ0v) is 10.6. The van der Waals surface area contributed by atoms with Gasteiger partial charge in [0.05, 0.1) is 5.69 Å². The first kappa shape index (κ1) is 11.0. The minimum Gasteiger partial charge on any atom is -0.397 e. The van der Waals surface area contributed by atoms with Crippen molar-refractivity contribution in [2.75, 3.05) is 31.9 Å². The van der Waals surface area contributed by atoms with Gasteiger partial charge < -0.3 is 10.6 Å². The van der Waals surface area contributed by atoms with E-state index < -0.39 is 0 Å². The number of thiophene rings is 1. The summed E-state index contributed by atoms with van der Waals surface area (Å²) in [6.45, 7) is 3.93. The lowest BCUT2D eigenvalue weighted by molar-refractivity contribution is 0.0577. The van der Waals surface area contributed by atoms with Gasteiger partial charge in [-0.25, -0.2) is 0 Å². The maximum Gasteiger partial charge on any atom is 0.266 e. The van der Waals surface area contributed by atoms with Gasteiger partial charge in [-0.1, -0.05) is 0 Å². The highest BCUT2D eigenvalue weighted by molar-refractivity contribution is 7.12. The number of carbonyl (C=O) groups excluding carboxylic acids is 1. The van der Waals surface area contributed by atoms with E-state index >= 15 is 0 Å². The third kappa shape index (κ3) is 1.93. The van der Waals surface area contributed by atoms with Crippen molar-refractivity contribution in [3.63, 3.8) is 0 Å². The van der Waals surface area contributed by atoms with Gasteiger partial charge in [0.25, 0.3) is 5.91 Å². The number of anilines is 1. The highest BCUT2D eigenvalue weighted by Crippen LogP contribution is 2.25. The molecule has 0 bridgehead atoms. The third-order valence-corrected chi connectivity index (χ3v) is 4.68. The largest absolute Gasteiger partial charge is 0.397 e. The topological polar surface area (TPSA) is 49.6 Å². The molecule has 1 aromatic rings. The van der Waals surface area contributed by atoms with Crippen LogP contribution in [-0.4, -0.2) is 47.9 Å². The molecule has 0 radical (unpaired) electrons. The number of fused-ring (bicyclic) bond motifs is 1. The number of nitrogen functional groups attached to an aromatic ring is 1. The van der Waals surface area contributed by atoms with Crippen LogP contribution in [0.5, 0.6) is 0 Å². The summed E-state index contributed by atoms with van der Waals surface area (Å²) < 4.78 is 0. The molecular formula is C12H17N3OS. The highest BCUT2D eigenvalue weighted by atomic mass is 32.1.